The van der Waals surface area contributed by atoms with E-state index in [9.17, 15) is 22.4 Å². The molecule has 0 aromatic heterocycles. The molecule has 1 aliphatic carbocycles. The van der Waals surface area contributed by atoms with Crippen molar-refractivity contribution in [2.75, 3.05) is 17.1 Å². The molecule has 11 heteroatoms. The first-order chi connectivity index (χ1) is 17.5. The lowest BCUT2D eigenvalue weighted by Crippen LogP contribution is -2.53. The molecular formula is C26H32Cl2FN3O4S. The average Bonchev–Trinajstić information content (AvgIpc) is 2.85. The maximum Gasteiger partial charge on any atom is 0.244 e. The van der Waals surface area contributed by atoms with Crippen molar-refractivity contribution < 1.29 is 22.4 Å². The van der Waals surface area contributed by atoms with Gasteiger partial charge in [-0.3, -0.25) is 13.9 Å². The largest absolute Gasteiger partial charge is 0.352 e. The SMILES string of the molecule is CC[C@H](C(=O)NC1CCCCC1)N(Cc1ccc(Cl)c(Cl)c1)C(=O)CN(c1ccc(F)cc1)S(C)(=O)=O. The Hall–Kier alpha value is -2.36. The van der Waals surface area contributed by atoms with Gasteiger partial charge < -0.3 is 10.2 Å². The highest BCUT2D eigenvalue weighted by molar-refractivity contribution is 7.92. The second-order valence-corrected chi connectivity index (χ2v) is 12.0. The number of halogens is 3. The first kappa shape index (κ1) is 29.2. The molecule has 0 heterocycles. The van der Waals surface area contributed by atoms with Crippen molar-refractivity contribution in [3.8, 4) is 0 Å². The minimum atomic E-state index is -3.90. The van der Waals surface area contributed by atoms with Crippen molar-refractivity contribution in [2.24, 2.45) is 0 Å². The molecular weight excluding hydrogens is 540 g/mol. The molecule has 0 spiro atoms. The first-order valence-corrected chi connectivity index (χ1v) is 14.9. The fraction of sp³-hybridized carbons (Fsp3) is 0.462. The van der Waals surface area contributed by atoms with Crippen LogP contribution in [0.25, 0.3) is 0 Å². The van der Waals surface area contributed by atoms with Crippen molar-refractivity contribution in [3.05, 3.63) is 63.9 Å². The van der Waals surface area contributed by atoms with E-state index in [0.717, 1.165) is 54.8 Å². The summed E-state index contributed by atoms with van der Waals surface area (Å²) in [4.78, 5) is 28.4. The van der Waals surface area contributed by atoms with Gasteiger partial charge in [-0.2, -0.15) is 0 Å². The summed E-state index contributed by atoms with van der Waals surface area (Å²) in [6.45, 7) is 1.26. The van der Waals surface area contributed by atoms with Crippen molar-refractivity contribution in [1.82, 2.24) is 10.2 Å². The lowest BCUT2D eigenvalue weighted by molar-refractivity contribution is -0.140. The molecule has 0 aliphatic heterocycles. The quantitative estimate of drug-likeness (QED) is 0.427. The van der Waals surface area contributed by atoms with Gasteiger partial charge >= 0.3 is 0 Å². The Kier molecular flexibility index (Phi) is 10.2. The number of rotatable bonds is 10. The zero-order chi connectivity index (χ0) is 27.2. The number of anilines is 1. The van der Waals surface area contributed by atoms with E-state index in [4.69, 9.17) is 23.2 Å². The van der Waals surface area contributed by atoms with Gasteiger partial charge in [0.15, 0.2) is 0 Å². The minimum Gasteiger partial charge on any atom is -0.352 e. The summed E-state index contributed by atoms with van der Waals surface area (Å²) < 4.78 is 39.6. The van der Waals surface area contributed by atoms with Crippen LogP contribution in [0.15, 0.2) is 42.5 Å². The van der Waals surface area contributed by atoms with E-state index < -0.39 is 34.3 Å². The predicted molar refractivity (Wildman–Crippen MR) is 145 cm³/mol. The van der Waals surface area contributed by atoms with Crippen LogP contribution >= 0.6 is 23.2 Å². The van der Waals surface area contributed by atoms with Crippen molar-refractivity contribution in [2.45, 2.75) is 64.1 Å². The van der Waals surface area contributed by atoms with Crippen LogP contribution in [0.5, 0.6) is 0 Å². The number of carbonyl (C=O) groups is 2. The Labute approximate surface area is 228 Å². The average molecular weight is 573 g/mol. The Bertz CT molecular complexity index is 1200. The molecule has 2 amide bonds. The molecule has 0 bridgehead atoms. The highest BCUT2D eigenvalue weighted by Gasteiger charge is 2.33. The number of hydrogen-bond donors (Lipinski definition) is 1. The standard InChI is InChI=1S/C26H32Cl2FN3O4S/c1-3-24(26(34)30-20-7-5-4-6-8-20)31(16-18-9-14-22(27)23(28)15-18)25(33)17-32(37(2,35)36)21-12-10-19(29)11-13-21/h9-15,20,24H,3-8,16-17H2,1-2H3,(H,30,34)/t24-/m1/s1. The molecule has 0 saturated heterocycles. The molecule has 1 fully saturated rings. The fourth-order valence-corrected chi connectivity index (χ4v) is 5.69. The maximum atomic E-state index is 13.7. The number of nitrogens with one attached hydrogen (secondary N) is 1. The van der Waals surface area contributed by atoms with Gasteiger partial charge in [-0.15, -0.1) is 0 Å². The summed E-state index contributed by atoms with van der Waals surface area (Å²) in [5.41, 5.74) is 0.783. The van der Waals surface area contributed by atoms with Crippen LogP contribution in [-0.2, 0) is 26.2 Å². The number of sulfonamides is 1. The molecule has 0 radical (unpaired) electrons. The zero-order valence-corrected chi connectivity index (χ0v) is 23.3. The lowest BCUT2D eigenvalue weighted by atomic mass is 9.95. The summed E-state index contributed by atoms with van der Waals surface area (Å²) in [6, 6.07) is 8.96. The van der Waals surface area contributed by atoms with Crippen LogP contribution in [0.3, 0.4) is 0 Å². The van der Waals surface area contributed by atoms with E-state index in [1.165, 1.54) is 17.0 Å². The topological polar surface area (TPSA) is 86.8 Å². The van der Waals surface area contributed by atoms with Gasteiger partial charge in [0.25, 0.3) is 0 Å². The van der Waals surface area contributed by atoms with E-state index in [1.54, 1.807) is 25.1 Å². The van der Waals surface area contributed by atoms with Crippen LogP contribution in [0, 0.1) is 5.82 Å². The highest BCUT2D eigenvalue weighted by atomic mass is 35.5. The van der Waals surface area contributed by atoms with E-state index in [-0.39, 0.29) is 24.2 Å². The van der Waals surface area contributed by atoms with Crippen LogP contribution in [0.4, 0.5) is 10.1 Å². The Morgan fingerprint density at radius 2 is 1.70 bits per heavy atom. The van der Waals surface area contributed by atoms with Gasteiger partial charge in [0.1, 0.15) is 18.4 Å². The molecule has 1 saturated carbocycles. The van der Waals surface area contributed by atoms with Crippen molar-refractivity contribution in [1.29, 1.82) is 0 Å². The molecule has 2 aromatic rings. The van der Waals surface area contributed by atoms with Crippen LogP contribution in [-0.4, -0.2) is 50.0 Å². The predicted octanol–water partition coefficient (Wildman–Crippen LogP) is 5.15. The maximum absolute atomic E-state index is 13.7. The van der Waals surface area contributed by atoms with Gasteiger partial charge in [0.05, 0.1) is 22.0 Å². The van der Waals surface area contributed by atoms with Gasteiger partial charge in [-0.25, -0.2) is 12.8 Å². The third kappa shape index (κ3) is 8.06. The molecule has 37 heavy (non-hydrogen) atoms. The van der Waals surface area contributed by atoms with Crippen LogP contribution in [0.2, 0.25) is 10.0 Å². The Morgan fingerprint density at radius 1 is 1.05 bits per heavy atom. The Balaban J connectivity index is 1.92. The van der Waals surface area contributed by atoms with E-state index in [1.807, 2.05) is 0 Å². The normalized spacial score (nSPS) is 15.2. The monoisotopic (exact) mass is 571 g/mol. The van der Waals surface area contributed by atoms with Crippen molar-refractivity contribution in [3.63, 3.8) is 0 Å². The number of hydrogen-bond acceptors (Lipinski definition) is 4. The minimum absolute atomic E-state index is 0.0212. The lowest BCUT2D eigenvalue weighted by Gasteiger charge is -2.34. The summed E-state index contributed by atoms with van der Waals surface area (Å²) in [7, 11) is -3.90. The summed E-state index contributed by atoms with van der Waals surface area (Å²) in [5.74, 6) is -1.39. The third-order valence-electron chi connectivity index (χ3n) is 6.47. The number of amides is 2. The molecule has 0 unspecified atom stereocenters. The van der Waals surface area contributed by atoms with Gasteiger partial charge in [0.2, 0.25) is 21.8 Å². The molecule has 7 nitrogen and oxygen atoms in total. The fourth-order valence-electron chi connectivity index (χ4n) is 4.52. The third-order valence-corrected chi connectivity index (χ3v) is 8.35. The molecule has 202 valence electrons. The first-order valence-electron chi connectivity index (χ1n) is 12.3. The molecule has 2 aromatic carbocycles. The summed E-state index contributed by atoms with van der Waals surface area (Å²) in [6.07, 6.45) is 6.27. The number of nitrogens with zero attached hydrogens (tertiary/aromatic N) is 2. The molecule has 1 N–H and O–H groups in total. The van der Waals surface area contributed by atoms with E-state index in [2.05, 4.69) is 5.32 Å². The van der Waals surface area contributed by atoms with Gasteiger partial charge in [-0.05, 0) is 61.2 Å². The van der Waals surface area contributed by atoms with Gasteiger partial charge in [-0.1, -0.05) is 55.5 Å². The number of benzene rings is 2. The molecule has 3 rings (SSSR count). The van der Waals surface area contributed by atoms with Crippen LogP contribution in [0.1, 0.15) is 51.0 Å². The van der Waals surface area contributed by atoms with E-state index >= 15 is 0 Å². The van der Waals surface area contributed by atoms with E-state index in [0.29, 0.717) is 22.0 Å². The number of carbonyl (C=O) groups excluding carboxylic acids is 2. The molecule has 1 atom stereocenters. The van der Waals surface area contributed by atoms with Crippen molar-refractivity contribution >= 4 is 50.7 Å². The highest BCUT2D eigenvalue weighted by Crippen LogP contribution is 2.25. The smallest absolute Gasteiger partial charge is 0.244 e. The Morgan fingerprint density at radius 3 is 2.27 bits per heavy atom. The zero-order valence-electron chi connectivity index (χ0n) is 20.9. The summed E-state index contributed by atoms with van der Waals surface area (Å²) >= 11 is 12.2. The summed E-state index contributed by atoms with van der Waals surface area (Å²) in [5, 5.41) is 3.73. The second-order valence-electron chi connectivity index (χ2n) is 9.28. The van der Waals surface area contributed by atoms with Crippen LogP contribution < -0.4 is 9.62 Å². The van der Waals surface area contributed by atoms with Gasteiger partial charge in [0, 0.05) is 12.6 Å². The second kappa shape index (κ2) is 12.9. The molecule has 1 aliphatic rings.